The molecule has 0 saturated heterocycles. The molecule has 0 aromatic carbocycles. The lowest BCUT2D eigenvalue weighted by Gasteiger charge is -2.22. The van der Waals surface area contributed by atoms with Crippen molar-refractivity contribution < 1.29 is 4.74 Å². The number of rotatable bonds is 8. The maximum absolute atomic E-state index is 5.50. The highest BCUT2D eigenvalue weighted by Gasteiger charge is 2.13. The summed E-state index contributed by atoms with van der Waals surface area (Å²) in [6.07, 6.45) is 6.92. The molecule has 0 saturated carbocycles. The van der Waals surface area contributed by atoms with Gasteiger partial charge in [0.2, 0.25) is 0 Å². The molecule has 0 bridgehead atoms. The van der Waals surface area contributed by atoms with Gasteiger partial charge in [-0.1, -0.05) is 40.0 Å². The molecule has 0 aliphatic heterocycles. The first-order chi connectivity index (χ1) is 6.48. The molecule has 0 aliphatic rings. The van der Waals surface area contributed by atoms with Crippen LogP contribution in [-0.4, -0.2) is 12.7 Å². The number of unbranched alkanes of at least 4 members (excludes halogenated alkanes) is 2. The fraction of sp³-hybridized carbons (Fsp3) is 1.00. The highest BCUT2D eigenvalue weighted by molar-refractivity contribution is 4.65. The Kier molecular flexibility index (Phi) is 7.26. The fourth-order valence-corrected chi connectivity index (χ4v) is 1.38. The Hall–Kier alpha value is -0.0400. The molecule has 0 aromatic heterocycles. The Morgan fingerprint density at radius 1 is 1.07 bits per heavy atom. The van der Waals surface area contributed by atoms with Gasteiger partial charge in [0.05, 0.1) is 6.10 Å². The monoisotopic (exact) mass is 200 g/mol. The maximum atomic E-state index is 5.50. The predicted octanol–water partition coefficient (Wildman–Crippen LogP) is 4.41. The molecule has 14 heavy (non-hydrogen) atoms. The van der Waals surface area contributed by atoms with Crippen LogP contribution in [0.3, 0.4) is 0 Å². The van der Waals surface area contributed by atoms with Crippen LogP contribution in [0.2, 0.25) is 0 Å². The van der Waals surface area contributed by atoms with Gasteiger partial charge in [0.25, 0.3) is 0 Å². The number of ether oxygens (including phenoxy) is 1. The van der Waals surface area contributed by atoms with E-state index in [1.165, 1.54) is 32.1 Å². The van der Waals surface area contributed by atoms with Crippen LogP contribution in [0.1, 0.15) is 66.7 Å². The second kappa shape index (κ2) is 7.28. The quantitative estimate of drug-likeness (QED) is 0.527. The molecule has 86 valence electrons. The van der Waals surface area contributed by atoms with E-state index in [1.807, 2.05) is 0 Å². The molecule has 0 atom stereocenters. The SMILES string of the molecule is CCC(C)(C)CCCCCOC(C)C. The van der Waals surface area contributed by atoms with Crippen molar-refractivity contribution in [2.24, 2.45) is 5.41 Å². The van der Waals surface area contributed by atoms with Gasteiger partial charge >= 0.3 is 0 Å². The molecule has 1 nitrogen and oxygen atoms in total. The van der Waals surface area contributed by atoms with E-state index in [-0.39, 0.29) is 0 Å². The zero-order chi connectivity index (χ0) is 11.0. The fourth-order valence-electron chi connectivity index (χ4n) is 1.38. The van der Waals surface area contributed by atoms with Crippen LogP contribution in [0.4, 0.5) is 0 Å². The van der Waals surface area contributed by atoms with Gasteiger partial charge in [-0.15, -0.1) is 0 Å². The molecule has 1 heteroatoms. The lowest BCUT2D eigenvalue weighted by molar-refractivity contribution is 0.0752. The minimum Gasteiger partial charge on any atom is -0.379 e. The van der Waals surface area contributed by atoms with Gasteiger partial charge in [0, 0.05) is 6.61 Å². The van der Waals surface area contributed by atoms with E-state index >= 15 is 0 Å². The van der Waals surface area contributed by atoms with Gasteiger partial charge < -0.3 is 4.74 Å². The lowest BCUT2D eigenvalue weighted by atomic mass is 9.84. The Morgan fingerprint density at radius 2 is 1.71 bits per heavy atom. The zero-order valence-electron chi connectivity index (χ0n) is 10.7. The number of hydrogen-bond acceptors (Lipinski definition) is 1. The van der Waals surface area contributed by atoms with Crippen LogP contribution in [0, 0.1) is 5.41 Å². The van der Waals surface area contributed by atoms with Gasteiger partial charge in [-0.05, 0) is 32.1 Å². The van der Waals surface area contributed by atoms with Crippen molar-refractivity contribution in [3.8, 4) is 0 Å². The van der Waals surface area contributed by atoms with Crippen molar-refractivity contribution in [3.05, 3.63) is 0 Å². The van der Waals surface area contributed by atoms with E-state index in [1.54, 1.807) is 0 Å². The van der Waals surface area contributed by atoms with E-state index in [2.05, 4.69) is 34.6 Å². The van der Waals surface area contributed by atoms with Crippen molar-refractivity contribution in [1.82, 2.24) is 0 Å². The Morgan fingerprint density at radius 3 is 2.21 bits per heavy atom. The van der Waals surface area contributed by atoms with E-state index in [0.29, 0.717) is 11.5 Å². The molecule has 0 amide bonds. The lowest BCUT2D eigenvalue weighted by Crippen LogP contribution is -2.09. The predicted molar refractivity (Wildman–Crippen MR) is 63.6 cm³/mol. The van der Waals surface area contributed by atoms with Gasteiger partial charge in [-0.3, -0.25) is 0 Å². The Bertz CT molecular complexity index is 127. The first-order valence-electron chi connectivity index (χ1n) is 6.09. The summed E-state index contributed by atoms with van der Waals surface area (Å²) in [4.78, 5) is 0. The third-order valence-corrected chi connectivity index (χ3v) is 2.91. The maximum Gasteiger partial charge on any atom is 0.0518 e. The smallest absolute Gasteiger partial charge is 0.0518 e. The van der Waals surface area contributed by atoms with E-state index in [0.717, 1.165) is 6.61 Å². The molecule has 0 aromatic rings. The summed E-state index contributed by atoms with van der Waals surface area (Å²) in [6.45, 7) is 12.1. The first-order valence-corrected chi connectivity index (χ1v) is 6.09. The van der Waals surface area contributed by atoms with Crippen molar-refractivity contribution in [3.63, 3.8) is 0 Å². The van der Waals surface area contributed by atoms with Crippen LogP contribution < -0.4 is 0 Å². The average molecular weight is 200 g/mol. The van der Waals surface area contributed by atoms with Gasteiger partial charge in [0.1, 0.15) is 0 Å². The summed E-state index contributed by atoms with van der Waals surface area (Å²) >= 11 is 0. The molecular weight excluding hydrogens is 172 g/mol. The minimum absolute atomic E-state index is 0.391. The Labute approximate surface area is 90.2 Å². The van der Waals surface area contributed by atoms with E-state index in [4.69, 9.17) is 4.74 Å². The summed E-state index contributed by atoms with van der Waals surface area (Å²) in [7, 11) is 0. The second-order valence-electron chi connectivity index (χ2n) is 5.25. The minimum atomic E-state index is 0.391. The highest BCUT2D eigenvalue weighted by atomic mass is 16.5. The molecule has 0 N–H and O–H groups in total. The summed E-state index contributed by atoms with van der Waals surface area (Å²) in [6, 6.07) is 0. The molecule has 0 spiro atoms. The van der Waals surface area contributed by atoms with Crippen LogP contribution >= 0.6 is 0 Å². The normalized spacial score (nSPS) is 12.4. The van der Waals surface area contributed by atoms with Gasteiger partial charge in [-0.2, -0.15) is 0 Å². The third-order valence-electron chi connectivity index (χ3n) is 2.91. The topological polar surface area (TPSA) is 9.23 Å². The van der Waals surface area contributed by atoms with Crippen molar-refractivity contribution in [2.45, 2.75) is 72.8 Å². The molecule has 0 unspecified atom stereocenters. The van der Waals surface area contributed by atoms with Crippen LogP contribution in [-0.2, 0) is 4.74 Å². The van der Waals surface area contributed by atoms with Crippen molar-refractivity contribution >= 4 is 0 Å². The molecule has 0 heterocycles. The Balaban J connectivity index is 3.21. The molecule has 0 radical (unpaired) electrons. The van der Waals surface area contributed by atoms with Crippen molar-refractivity contribution in [2.75, 3.05) is 6.61 Å². The van der Waals surface area contributed by atoms with Gasteiger partial charge in [0.15, 0.2) is 0 Å². The van der Waals surface area contributed by atoms with Crippen LogP contribution in [0.15, 0.2) is 0 Å². The van der Waals surface area contributed by atoms with Gasteiger partial charge in [-0.25, -0.2) is 0 Å². The zero-order valence-corrected chi connectivity index (χ0v) is 10.7. The molecule has 0 rings (SSSR count). The molecule has 0 fully saturated rings. The summed E-state index contributed by atoms with van der Waals surface area (Å²) in [5, 5.41) is 0. The summed E-state index contributed by atoms with van der Waals surface area (Å²) in [5.41, 5.74) is 0.541. The standard InChI is InChI=1S/C13H28O/c1-6-13(4,5)10-8-7-9-11-14-12(2)3/h12H,6-11H2,1-5H3. The largest absolute Gasteiger partial charge is 0.379 e. The number of hydrogen-bond donors (Lipinski definition) is 0. The van der Waals surface area contributed by atoms with E-state index in [9.17, 15) is 0 Å². The van der Waals surface area contributed by atoms with E-state index < -0.39 is 0 Å². The highest BCUT2D eigenvalue weighted by Crippen LogP contribution is 2.26. The molecular formula is C13H28O. The van der Waals surface area contributed by atoms with Crippen LogP contribution in [0.25, 0.3) is 0 Å². The van der Waals surface area contributed by atoms with Crippen LogP contribution in [0.5, 0.6) is 0 Å². The first kappa shape index (κ1) is 14.0. The second-order valence-corrected chi connectivity index (χ2v) is 5.25. The summed E-state index contributed by atoms with van der Waals surface area (Å²) < 4.78 is 5.50. The average Bonchev–Trinajstić information content (AvgIpc) is 2.10. The molecule has 0 aliphatic carbocycles. The third kappa shape index (κ3) is 8.55. The van der Waals surface area contributed by atoms with Crippen molar-refractivity contribution in [1.29, 1.82) is 0 Å². The summed E-state index contributed by atoms with van der Waals surface area (Å²) in [5.74, 6) is 0.